The summed E-state index contributed by atoms with van der Waals surface area (Å²) in [5, 5.41) is 3.47. The molecule has 1 saturated carbocycles. The number of hydrogen-bond acceptors (Lipinski definition) is 4. The van der Waals surface area contributed by atoms with Crippen LogP contribution in [0.25, 0.3) is 10.4 Å². The van der Waals surface area contributed by atoms with E-state index in [0.717, 1.165) is 24.3 Å². The van der Waals surface area contributed by atoms with Crippen molar-refractivity contribution in [2.75, 3.05) is 31.8 Å². The molecule has 1 aromatic rings. The van der Waals surface area contributed by atoms with Crippen molar-refractivity contribution in [3.05, 3.63) is 40.3 Å². The third-order valence-electron chi connectivity index (χ3n) is 4.81. The van der Waals surface area contributed by atoms with Gasteiger partial charge in [0.15, 0.2) is 0 Å². The number of ether oxygens (including phenoxy) is 1. The zero-order chi connectivity index (χ0) is 15.7. The molecule has 1 unspecified atom stereocenters. The third kappa shape index (κ3) is 2.63. The van der Waals surface area contributed by atoms with Crippen LogP contribution in [0.1, 0.15) is 11.7 Å². The highest BCUT2D eigenvalue weighted by Crippen LogP contribution is 2.45. The fourth-order valence-electron chi connectivity index (χ4n) is 3.41. The summed E-state index contributed by atoms with van der Waals surface area (Å²) in [5.41, 5.74) is 16.4. The van der Waals surface area contributed by atoms with E-state index in [1.54, 1.807) is 0 Å². The molecule has 2 N–H and O–H groups in total. The second kappa shape index (κ2) is 6.12. The lowest BCUT2D eigenvalue weighted by Crippen LogP contribution is -2.28. The topological polar surface area (TPSA) is 87.2 Å². The number of halogens is 1. The number of nitrogens with zero attached hydrogens (tertiary/aromatic N) is 4. The van der Waals surface area contributed by atoms with Gasteiger partial charge in [-0.15, -0.1) is 0 Å². The second-order valence-corrected chi connectivity index (χ2v) is 5.98. The number of benzene rings is 1. The fraction of sp³-hybridized carbons (Fsp3) is 0.600. The Morgan fingerprint density at radius 2 is 2.05 bits per heavy atom. The predicted octanol–water partition coefficient (Wildman–Crippen LogP) is 2.42. The van der Waals surface area contributed by atoms with Gasteiger partial charge >= 0.3 is 0 Å². The number of alkyl halides is 1. The first-order chi connectivity index (χ1) is 10.7. The Morgan fingerprint density at radius 1 is 1.41 bits per heavy atom. The van der Waals surface area contributed by atoms with Gasteiger partial charge in [-0.3, -0.25) is 4.39 Å². The largest absolute Gasteiger partial charge is 0.376 e. The van der Waals surface area contributed by atoms with E-state index in [4.69, 9.17) is 16.0 Å². The third-order valence-corrected chi connectivity index (χ3v) is 4.81. The number of piperidine rings is 1. The van der Waals surface area contributed by atoms with Crippen molar-refractivity contribution in [1.29, 1.82) is 0 Å². The van der Waals surface area contributed by atoms with E-state index >= 15 is 0 Å². The maximum Gasteiger partial charge on any atom is 0.101 e. The van der Waals surface area contributed by atoms with E-state index in [9.17, 15) is 4.39 Å². The van der Waals surface area contributed by atoms with Crippen LogP contribution in [-0.2, 0) is 4.74 Å². The summed E-state index contributed by atoms with van der Waals surface area (Å²) in [4.78, 5) is 5.01. The van der Waals surface area contributed by atoms with Crippen LogP contribution < -0.4 is 10.6 Å². The van der Waals surface area contributed by atoms with Gasteiger partial charge in [-0.2, -0.15) is 0 Å². The molecule has 2 aliphatic rings. The Hall–Kier alpha value is -1.82. The van der Waals surface area contributed by atoms with E-state index < -0.39 is 18.8 Å². The van der Waals surface area contributed by atoms with Crippen LogP contribution >= 0.6 is 0 Å². The average molecular weight is 305 g/mol. The number of methoxy groups -OCH3 is 1. The zero-order valence-corrected chi connectivity index (χ0v) is 12.5. The van der Waals surface area contributed by atoms with Crippen LogP contribution in [0.4, 0.5) is 10.1 Å². The summed E-state index contributed by atoms with van der Waals surface area (Å²) in [6.07, 6.45) is -0.574. The van der Waals surface area contributed by atoms with Gasteiger partial charge in [0, 0.05) is 36.8 Å². The molecule has 7 heteroatoms. The van der Waals surface area contributed by atoms with Gasteiger partial charge in [-0.1, -0.05) is 17.2 Å². The standard InChI is InChI=1S/C15H20FN5O/c1-22-15(13(6-16)19-20-18)9-2-4-10(5-3-9)21-7-11-12(8-21)14(11)17/h2-5,11-15H,6-8,17H2,1H3/t11-,12+,13-,14?,15-/m1/s1. The minimum absolute atomic E-state index is 0.377. The van der Waals surface area contributed by atoms with Gasteiger partial charge in [0.2, 0.25) is 0 Å². The smallest absolute Gasteiger partial charge is 0.101 e. The molecule has 1 aliphatic carbocycles. The molecule has 6 nitrogen and oxygen atoms in total. The summed E-state index contributed by atoms with van der Waals surface area (Å²) in [6, 6.07) is 7.35. The van der Waals surface area contributed by atoms with E-state index in [1.807, 2.05) is 24.3 Å². The van der Waals surface area contributed by atoms with Gasteiger partial charge in [-0.05, 0) is 35.1 Å². The average Bonchev–Trinajstić information content (AvgIpc) is 2.97. The first-order valence-corrected chi connectivity index (χ1v) is 7.43. The van der Waals surface area contributed by atoms with Gasteiger partial charge < -0.3 is 15.4 Å². The molecule has 0 spiro atoms. The Labute approximate surface area is 128 Å². The van der Waals surface area contributed by atoms with Crippen molar-refractivity contribution < 1.29 is 9.13 Å². The highest BCUT2D eigenvalue weighted by molar-refractivity contribution is 5.50. The minimum Gasteiger partial charge on any atom is -0.376 e. The van der Waals surface area contributed by atoms with Gasteiger partial charge in [0.1, 0.15) is 6.67 Å². The number of rotatable bonds is 6. The quantitative estimate of drug-likeness (QED) is 0.497. The van der Waals surface area contributed by atoms with Crippen molar-refractivity contribution in [2.24, 2.45) is 22.7 Å². The molecule has 1 aromatic carbocycles. The molecule has 5 atom stereocenters. The van der Waals surface area contributed by atoms with Crippen molar-refractivity contribution in [3.63, 3.8) is 0 Å². The van der Waals surface area contributed by atoms with Crippen molar-refractivity contribution in [2.45, 2.75) is 18.2 Å². The van der Waals surface area contributed by atoms with Crippen molar-refractivity contribution >= 4 is 5.69 Å². The summed E-state index contributed by atoms with van der Waals surface area (Å²) in [7, 11) is 1.49. The Bertz CT molecular complexity index is 562. The maximum absolute atomic E-state index is 13.0. The number of hydrogen-bond donors (Lipinski definition) is 1. The molecule has 3 rings (SSSR count). The molecule has 1 saturated heterocycles. The monoisotopic (exact) mass is 305 g/mol. The SMILES string of the molecule is CO[C@H](c1ccc(N2C[C@@H]3C(N)[C@@H]3C2)cc1)[C@@H](CF)N=[N+]=[N-]. The summed E-state index contributed by atoms with van der Waals surface area (Å²) < 4.78 is 18.3. The predicted molar refractivity (Wildman–Crippen MR) is 82.3 cm³/mol. The molecule has 0 radical (unpaired) electrons. The summed E-state index contributed by atoms with van der Waals surface area (Å²) >= 11 is 0. The van der Waals surface area contributed by atoms with Gasteiger partial charge in [0.05, 0.1) is 12.1 Å². The van der Waals surface area contributed by atoms with Crippen LogP contribution in [-0.4, -0.2) is 39.0 Å². The second-order valence-electron chi connectivity index (χ2n) is 5.98. The molecular weight excluding hydrogens is 285 g/mol. The molecular formula is C15H20FN5O. The molecule has 1 aliphatic heterocycles. The van der Waals surface area contributed by atoms with E-state index in [2.05, 4.69) is 14.9 Å². The molecule has 22 heavy (non-hydrogen) atoms. The fourth-order valence-corrected chi connectivity index (χ4v) is 3.41. The van der Waals surface area contributed by atoms with Gasteiger partial charge in [-0.25, -0.2) is 0 Å². The van der Waals surface area contributed by atoms with Crippen molar-refractivity contribution in [3.8, 4) is 0 Å². The molecule has 0 amide bonds. The lowest BCUT2D eigenvalue weighted by atomic mass is 10.0. The van der Waals surface area contributed by atoms with E-state index in [-0.39, 0.29) is 0 Å². The molecule has 2 fully saturated rings. The Morgan fingerprint density at radius 3 is 2.55 bits per heavy atom. The number of anilines is 1. The normalized spacial score (nSPS) is 28.7. The summed E-state index contributed by atoms with van der Waals surface area (Å²) in [5.74, 6) is 1.26. The first-order valence-electron chi connectivity index (χ1n) is 7.43. The molecule has 118 valence electrons. The van der Waals surface area contributed by atoms with Gasteiger partial charge in [0.25, 0.3) is 0 Å². The van der Waals surface area contributed by atoms with E-state index in [1.165, 1.54) is 7.11 Å². The zero-order valence-electron chi connectivity index (χ0n) is 12.5. The van der Waals surface area contributed by atoms with Crippen LogP contribution in [0.5, 0.6) is 0 Å². The summed E-state index contributed by atoms with van der Waals surface area (Å²) in [6.45, 7) is 1.26. The Balaban J connectivity index is 1.71. The molecule has 1 heterocycles. The molecule has 0 bridgehead atoms. The van der Waals surface area contributed by atoms with Crippen LogP contribution in [0, 0.1) is 11.8 Å². The minimum atomic E-state index is -0.849. The van der Waals surface area contributed by atoms with Crippen LogP contribution in [0.2, 0.25) is 0 Å². The lowest BCUT2D eigenvalue weighted by molar-refractivity contribution is 0.0722. The van der Waals surface area contributed by atoms with Crippen molar-refractivity contribution in [1.82, 2.24) is 0 Å². The van der Waals surface area contributed by atoms with Crippen LogP contribution in [0.15, 0.2) is 29.4 Å². The number of fused-ring (bicyclic) bond motifs is 1. The van der Waals surface area contributed by atoms with E-state index in [0.29, 0.717) is 17.9 Å². The molecule has 0 aromatic heterocycles. The lowest BCUT2D eigenvalue weighted by Gasteiger charge is -2.24. The number of nitrogens with two attached hydrogens (primary N) is 1. The Kier molecular flexibility index (Phi) is 4.20. The first kappa shape index (κ1) is 15.1. The number of azide groups is 1. The maximum atomic E-state index is 13.0. The highest BCUT2D eigenvalue weighted by atomic mass is 19.1. The highest BCUT2D eigenvalue weighted by Gasteiger charge is 2.53. The van der Waals surface area contributed by atoms with Crippen LogP contribution in [0.3, 0.4) is 0 Å².